The van der Waals surface area contributed by atoms with E-state index >= 15 is 0 Å². The number of hydrogen-bond acceptors (Lipinski definition) is 28. The second-order valence-corrected chi connectivity index (χ2v) is 29.8. The summed E-state index contributed by atoms with van der Waals surface area (Å²) in [6.45, 7) is 1.40. The Morgan fingerprint density at radius 1 is 0.324 bits per heavy atom. The number of carbonyl (C=O) groups is 2. The number of fused-ring (bicyclic) bond motifs is 4. The minimum atomic E-state index is -1.77. The van der Waals surface area contributed by atoms with Gasteiger partial charge in [0.25, 0.3) is 0 Å². The SMILES string of the molecule is CC(O)CCCCCCCC(CCCCCCCCCCCCCC1CC(=O)OC[C@H]2O[C@@H](OC(CCCCCCCCCCCC(CCCCCCCC(C)O)O[C@@H]3O[C@H](CO)[C@@H](O)[C@H](O)[C@H]3O)CC(=O)OC[C@H]3O[C@@H](O1)[C@H](O)[C@@H](O)[C@@H]3O)[C@H](O)[C@@H](O)[C@@H]2O)O[C@@H]1O[C@H](CO)[C@@H](O)[C@H](O)[C@H]1O. The summed E-state index contributed by atoms with van der Waals surface area (Å²) in [5.74, 6) is -1.56. The average molecular weight is 1470 g/mol. The lowest BCUT2D eigenvalue weighted by atomic mass is 9.98. The number of esters is 2. The Morgan fingerprint density at radius 2 is 0.588 bits per heavy atom. The first kappa shape index (κ1) is 90.6. The fraction of sp³-hybridized carbons (Fsp3) is 0.973. The molecule has 0 aromatic rings. The third-order valence-corrected chi connectivity index (χ3v) is 20.8. The Bertz CT molecular complexity index is 2140. The maximum Gasteiger partial charge on any atom is 0.308 e. The maximum atomic E-state index is 13.6. The molecule has 600 valence electrons. The van der Waals surface area contributed by atoms with Crippen molar-refractivity contribution < 1.29 is 139 Å². The molecule has 0 aromatic carbocycles. The van der Waals surface area contributed by atoms with E-state index in [4.69, 9.17) is 47.4 Å². The highest BCUT2D eigenvalue weighted by atomic mass is 16.7. The van der Waals surface area contributed by atoms with Gasteiger partial charge in [-0.1, -0.05) is 193 Å². The summed E-state index contributed by atoms with van der Waals surface area (Å²) in [4.78, 5) is 27.1. The molecule has 28 heteroatoms. The van der Waals surface area contributed by atoms with Crippen LogP contribution in [0.5, 0.6) is 0 Å². The van der Waals surface area contributed by atoms with Crippen LogP contribution in [-0.4, -0.2) is 280 Å². The second-order valence-electron chi connectivity index (χ2n) is 29.8. The Balaban J connectivity index is 1.03. The van der Waals surface area contributed by atoms with E-state index in [2.05, 4.69) is 0 Å². The first-order chi connectivity index (χ1) is 49.0. The van der Waals surface area contributed by atoms with Crippen LogP contribution in [0.2, 0.25) is 0 Å². The molecule has 5 rings (SSSR count). The highest BCUT2D eigenvalue weighted by Crippen LogP contribution is 2.32. The van der Waals surface area contributed by atoms with Gasteiger partial charge in [-0.05, 0) is 65.2 Å². The molecule has 16 N–H and O–H groups in total. The minimum absolute atomic E-state index is 0.241. The summed E-state index contributed by atoms with van der Waals surface area (Å²) in [7, 11) is 0. The van der Waals surface area contributed by atoms with Gasteiger partial charge in [0.05, 0.1) is 62.7 Å². The normalized spacial score (nSPS) is 34.3. The van der Waals surface area contributed by atoms with Crippen molar-refractivity contribution in [1.82, 2.24) is 0 Å². The van der Waals surface area contributed by atoms with Crippen LogP contribution in [0, 0.1) is 0 Å². The number of ether oxygens (including phenoxy) is 10. The van der Waals surface area contributed by atoms with Crippen LogP contribution in [-0.2, 0) is 57.0 Å². The quantitative estimate of drug-likeness (QED) is 0.0300. The zero-order valence-electron chi connectivity index (χ0n) is 61.2. The van der Waals surface area contributed by atoms with Crippen LogP contribution in [0.1, 0.15) is 271 Å². The molecule has 0 amide bonds. The zero-order valence-corrected chi connectivity index (χ0v) is 61.2. The van der Waals surface area contributed by atoms with E-state index in [0.717, 1.165) is 205 Å². The number of hydrogen-bond donors (Lipinski definition) is 16. The van der Waals surface area contributed by atoms with Crippen LogP contribution in [0.25, 0.3) is 0 Å². The van der Waals surface area contributed by atoms with Crippen molar-refractivity contribution in [3.8, 4) is 0 Å². The highest BCUT2D eigenvalue weighted by molar-refractivity contribution is 5.70. The first-order valence-electron chi connectivity index (χ1n) is 39.3. The molecule has 0 radical (unpaired) electrons. The molecule has 5 aliphatic rings. The molecular formula is C74H136O28. The number of cyclic esters (lactones) is 2. The van der Waals surface area contributed by atoms with Gasteiger partial charge in [-0.3, -0.25) is 9.59 Å². The number of rotatable bonds is 48. The Kier molecular flexibility index (Phi) is 45.6. The fourth-order valence-electron chi connectivity index (χ4n) is 14.3. The van der Waals surface area contributed by atoms with Crippen molar-refractivity contribution in [2.45, 2.75) is 430 Å². The van der Waals surface area contributed by atoms with Gasteiger partial charge in [0.1, 0.15) is 111 Å². The Labute approximate surface area is 605 Å². The molecule has 0 saturated carbocycles. The first-order valence-corrected chi connectivity index (χ1v) is 39.3. The van der Waals surface area contributed by atoms with E-state index in [9.17, 15) is 91.3 Å². The monoisotopic (exact) mass is 1470 g/mol. The molecule has 5 saturated heterocycles. The van der Waals surface area contributed by atoms with Gasteiger partial charge in [0.2, 0.25) is 0 Å². The average Bonchev–Trinajstić information content (AvgIpc) is 0.847. The Morgan fingerprint density at radius 3 is 0.873 bits per heavy atom. The van der Waals surface area contributed by atoms with E-state index < -0.39 is 173 Å². The van der Waals surface area contributed by atoms with Crippen molar-refractivity contribution in [2.75, 3.05) is 26.4 Å². The Hall–Kier alpha value is -2.02. The summed E-state index contributed by atoms with van der Waals surface area (Å²) >= 11 is 0. The predicted molar refractivity (Wildman–Crippen MR) is 370 cm³/mol. The van der Waals surface area contributed by atoms with E-state index in [-0.39, 0.29) is 37.3 Å². The molecule has 26 atom stereocenters. The molecule has 6 unspecified atom stereocenters. The number of aliphatic hydroxyl groups is 16. The van der Waals surface area contributed by atoms with Crippen LogP contribution in [0.3, 0.4) is 0 Å². The lowest BCUT2D eigenvalue weighted by Gasteiger charge is -2.42. The molecule has 4 bridgehead atoms. The van der Waals surface area contributed by atoms with Gasteiger partial charge >= 0.3 is 11.9 Å². The lowest BCUT2D eigenvalue weighted by Crippen LogP contribution is -2.60. The molecule has 5 fully saturated rings. The van der Waals surface area contributed by atoms with Crippen molar-refractivity contribution in [1.29, 1.82) is 0 Å². The minimum Gasteiger partial charge on any atom is -0.463 e. The molecular weight excluding hydrogens is 1340 g/mol. The van der Waals surface area contributed by atoms with Gasteiger partial charge in [-0.15, -0.1) is 0 Å². The van der Waals surface area contributed by atoms with Gasteiger partial charge in [-0.25, -0.2) is 0 Å². The standard InChI is InChI=1S/C74H136O28/c1-47(77)33-25-17-15-23-29-37-49(95-71-67(89)63(85)59(81)53(43-75)99-71)35-27-19-11-7-4-3-5-8-13-21-31-39-51-41-57(79)93-45-56-62(84)66(88)70(92)74(102-56)98-52(42-58(80)94-46-55-61(83)65(87)69(91)73(97-51)101-55)40-32-22-14-10-6-9-12-20-28-36-50(38-30-24-16-18-26-34-48(2)78)96-72-68(90)64(86)60(82)54(44-76)100-72/h47-56,59-78,81-92H,3-46H2,1-2H3/t47?,48?,49?,50?,51?,52?,53-,54-,55-,56-,59-,60-,61-,62-,63+,64+,65+,66+,67-,68-,69-,70-,71-,72-,73-,74-/m1/s1. The highest BCUT2D eigenvalue weighted by Gasteiger charge is 2.50. The number of unbranched alkanes of at least 4 members (excludes halogenated alkanes) is 26. The van der Waals surface area contributed by atoms with E-state index in [1.807, 2.05) is 0 Å². The molecule has 0 spiro atoms. The largest absolute Gasteiger partial charge is 0.463 e. The van der Waals surface area contributed by atoms with Crippen LogP contribution in [0.15, 0.2) is 0 Å². The fourth-order valence-corrected chi connectivity index (χ4v) is 14.3. The summed E-state index contributed by atoms with van der Waals surface area (Å²) in [6.07, 6.45) is -0.330. The van der Waals surface area contributed by atoms with Crippen molar-refractivity contribution >= 4 is 11.9 Å². The van der Waals surface area contributed by atoms with E-state index in [0.29, 0.717) is 38.5 Å². The molecule has 0 aromatic heterocycles. The van der Waals surface area contributed by atoms with Gasteiger partial charge in [0.15, 0.2) is 25.2 Å². The lowest BCUT2D eigenvalue weighted by molar-refractivity contribution is -0.316. The van der Waals surface area contributed by atoms with Gasteiger partial charge in [-0.2, -0.15) is 0 Å². The predicted octanol–water partition coefficient (Wildman–Crippen LogP) is 4.21. The van der Waals surface area contributed by atoms with Crippen LogP contribution in [0.4, 0.5) is 0 Å². The van der Waals surface area contributed by atoms with E-state index in [1.165, 1.54) is 0 Å². The van der Waals surface area contributed by atoms with Crippen molar-refractivity contribution in [2.24, 2.45) is 0 Å². The number of aliphatic hydroxyl groups excluding tert-OH is 16. The van der Waals surface area contributed by atoms with Crippen LogP contribution >= 0.6 is 0 Å². The molecule has 102 heavy (non-hydrogen) atoms. The molecule has 5 heterocycles. The maximum absolute atomic E-state index is 13.6. The van der Waals surface area contributed by atoms with Gasteiger partial charge < -0.3 is 129 Å². The van der Waals surface area contributed by atoms with E-state index in [1.54, 1.807) is 13.8 Å². The second kappa shape index (κ2) is 51.4. The third-order valence-electron chi connectivity index (χ3n) is 20.8. The summed E-state index contributed by atoms with van der Waals surface area (Å²) < 4.78 is 59.1. The molecule has 0 aliphatic carbocycles. The van der Waals surface area contributed by atoms with Gasteiger partial charge in [0, 0.05) is 0 Å². The molecule has 28 nitrogen and oxygen atoms in total. The zero-order chi connectivity index (χ0) is 74.3. The third kappa shape index (κ3) is 33.4. The number of carbonyl (C=O) groups excluding carboxylic acids is 2. The smallest absolute Gasteiger partial charge is 0.308 e. The summed E-state index contributed by atoms with van der Waals surface area (Å²) in [5, 5.41) is 167. The van der Waals surface area contributed by atoms with Crippen molar-refractivity contribution in [3.05, 3.63) is 0 Å². The van der Waals surface area contributed by atoms with Crippen molar-refractivity contribution in [3.63, 3.8) is 0 Å². The summed E-state index contributed by atoms with van der Waals surface area (Å²) in [6, 6.07) is 0. The topological polar surface area (TPSA) is 450 Å². The summed E-state index contributed by atoms with van der Waals surface area (Å²) in [5.41, 5.74) is 0. The molecule has 5 aliphatic heterocycles. The van der Waals surface area contributed by atoms with Crippen LogP contribution < -0.4 is 0 Å².